The topological polar surface area (TPSA) is 64.0 Å². The van der Waals surface area contributed by atoms with Crippen molar-refractivity contribution >= 4 is 45.7 Å². The zero-order valence-electron chi connectivity index (χ0n) is 13.3. The largest absolute Gasteiger partial charge is 0.417 e. The fourth-order valence-corrected chi connectivity index (χ4v) is 2.92. The second-order valence-electron chi connectivity index (χ2n) is 5.58. The number of carbonyl (C=O) groups excluding carboxylic acids is 1. The molecular weight excluding hydrogens is 406 g/mol. The van der Waals surface area contributed by atoms with E-state index in [1.807, 2.05) is 0 Å². The standard InChI is InChI=1S/C17H10Cl2F3N3O2/c18-11-4-9-2-1-3-23-15(9)13(6-11)24-14(26)8-25-7-10(17(20,21)22)5-12(19)16(25)27/h1-7H,8H2,(H,24,26). The molecule has 1 aromatic carbocycles. The van der Waals surface area contributed by atoms with Crippen molar-refractivity contribution in [2.45, 2.75) is 12.7 Å². The van der Waals surface area contributed by atoms with Crippen LogP contribution in [0.1, 0.15) is 5.56 Å². The number of alkyl halides is 3. The summed E-state index contributed by atoms with van der Waals surface area (Å²) in [5.41, 5.74) is -1.32. The molecule has 2 heterocycles. The number of halogens is 5. The van der Waals surface area contributed by atoms with Gasteiger partial charge in [-0.1, -0.05) is 29.3 Å². The summed E-state index contributed by atoms with van der Waals surface area (Å²) in [5, 5.41) is 2.88. The van der Waals surface area contributed by atoms with Gasteiger partial charge >= 0.3 is 6.18 Å². The Morgan fingerprint density at radius 2 is 1.96 bits per heavy atom. The molecule has 140 valence electrons. The van der Waals surface area contributed by atoms with Crippen LogP contribution < -0.4 is 10.9 Å². The molecule has 0 radical (unpaired) electrons. The average molecular weight is 416 g/mol. The summed E-state index contributed by atoms with van der Waals surface area (Å²) in [6.07, 6.45) is -2.65. The normalized spacial score (nSPS) is 11.6. The highest BCUT2D eigenvalue weighted by Gasteiger charge is 2.32. The molecule has 3 aromatic rings. The zero-order valence-corrected chi connectivity index (χ0v) is 14.9. The highest BCUT2D eigenvalue weighted by Crippen LogP contribution is 2.30. The molecule has 0 bridgehead atoms. The van der Waals surface area contributed by atoms with E-state index in [-0.39, 0.29) is 5.69 Å². The molecule has 1 amide bonds. The number of anilines is 1. The molecule has 0 aliphatic heterocycles. The first-order valence-corrected chi connectivity index (χ1v) is 8.22. The monoisotopic (exact) mass is 415 g/mol. The van der Waals surface area contributed by atoms with E-state index in [9.17, 15) is 22.8 Å². The summed E-state index contributed by atoms with van der Waals surface area (Å²) >= 11 is 11.6. The fourth-order valence-electron chi connectivity index (χ4n) is 2.47. The minimum atomic E-state index is -4.71. The third-order valence-electron chi connectivity index (χ3n) is 3.63. The predicted octanol–water partition coefficient (Wildman–Crippen LogP) is 4.36. The number of carbonyl (C=O) groups is 1. The van der Waals surface area contributed by atoms with Crippen molar-refractivity contribution in [1.82, 2.24) is 9.55 Å². The lowest BCUT2D eigenvalue weighted by Gasteiger charge is -2.13. The van der Waals surface area contributed by atoms with Crippen LogP contribution >= 0.6 is 23.2 Å². The number of fused-ring (bicyclic) bond motifs is 1. The summed E-state index contributed by atoms with van der Waals surface area (Å²) in [6, 6.07) is 7.05. The first-order valence-electron chi connectivity index (χ1n) is 7.46. The number of aromatic nitrogens is 2. The van der Waals surface area contributed by atoms with Crippen molar-refractivity contribution in [1.29, 1.82) is 0 Å². The minimum absolute atomic E-state index is 0.272. The maximum Gasteiger partial charge on any atom is 0.417 e. The average Bonchev–Trinajstić information content (AvgIpc) is 2.57. The van der Waals surface area contributed by atoms with E-state index >= 15 is 0 Å². The summed E-state index contributed by atoms with van der Waals surface area (Å²) in [5.74, 6) is -0.735. The SMILES string of the molecule is O=C(Cn1cc(C(F)(F)F)cc(Cl)c1=O)Nc1cc(Cl)cc2cccnc12. The van der Waals surface area contributed by atoms with Gasteiger partial charge in [-0.3, -0.25) is 14.6 Å². The van der Waals surface area contributed by atoms with Crippen molar-refractivity contribution in [2.75, 3.05) is 5.32 Å². The van der Waals surface area contributed by atoms with E-state index in [1.165, 1.54) is 12.3 Å². The first kappa shape index (κ1) is 19.2. The van der Waals surface area contributed by atoms with Gasteiger partial charge in [0, 0.05) is 22.8 Å². The maximum absolute atomic E-state index is 12.9. The third kappa shape index (κ3) is 4.23. The van der Waals surface area contributed by atoms with Gasteiger partial charge < -0.3 is 9.88 Å². The molecule has 0 unspecified atom stereocenters. The van der Waals surface area contributed by atoms with Crippen LogP contribution in [0.2, 0.25) is 10.0 Å². The molecule has 0 spiro atoms. The highest BCUT2D eigenvalue weighted by atomic mass is 35.5. The van der Waals surface area contributed by atoms with Gasteiger partial charge in [0.2, 0.25) is 5.91 Å². The molecule has 0 saturated heterocycles. The van der Waals surface area contributed by atoms with E-state index in [0.29, 0.717) is 32.8 Å². The zero-order chi connectivity index (χ0) is 19.8. The van der Waals surface area contributed by atoms with Crippen LogP contribution in [0, 0.1) is 0 Å². The molecule has 2 aromatic heterocycles. The van der Waals surface area contributed by atoms with Crippen molar-refractivity contribution in [3.8, 4) is 0 Å². The van der Waals surface area contributed by atoms with Crippen LogP contribution in [-0.4, -0.2) is 15.5 Å². The molecule has 0 aliphatic rings. The second kappa shape index (κ2) is 7.21. The lowest BCUT2D eigenvalue weighted by molar-refractivity contribution is -0.138. The molecule has 0 aliphatic carbocycles. The number of pyridine rings is 2. The summed E-state index contributed by atoms with van der Waals surface area (Å²) < 4.78 is 39.3. The Morgan fingerprint density at radius 3 is 2.67 bits per heavy atom. The van der Waals surface area contributed by atoms with Crippen LogP contribution in [-0.2, 0) is 17.5 Å². The van der Waals surface area contributed by atoms with E-state index in [1.54, 1.807) is 18.2 Å². The van der Waals surface area contributed by atoms with E-state index in [4.69, 9.17) is 23.2 Å². The van der Waals surface area contributed by atoms with E-state index in [0.717, 1.165) is 0 Å². The lowest BCUT2D eigenvalue weighted by Crippen LogP contribution is -2.29. The number of rotatable bonds is 3. The van der Waals surface area contributed by atoms with E-state index in [2.05, 4.69) is 10.3 Å². The Kier molecular flexibility index (Phi) is 5.12. The predicted molar refractivity (Wildman–Crippen MR) is 96.1 cm³/mol. The number of hydrogen-bond acceptors (Lipinski definition) is 3. The molecule has 1 N–H and O–H groups in total. The number of hydrogen-bond donors (Lipinski definition) is 1. The van der Waals surface area contributed by atoms with Crippen LogP contribution in [0.3, 0.4) is 0 Å². The highest BCUT2D eigenvalue weighted by molar-refractivity contribution is 6.32. The van der Waals surface area contributed by atoms with Gasteiger partial charge in [-0.2, -0.15) is 13.2 Å². The third-order valence-corrected chi connectivity index (χ3v) is 4.12. The summed E-state index contributed by atoms with van der Waals surface area (Å²) in [6.45, 7) is -0.663. The Labute approximate surface area is 160 Å². The van der Waals surface area contributed by atoms with Crippen molar-refractivity contribution in [3.05, 3.63) is 68.7 Å². The number of benzene rings is 1. The smallest absolute Gasteiger partial charge is 0.323 e. The van der Waals surface area contributed by atoms with Crippen molar-refractivity contribution in [2.24, 2.45) is 0 Å². The fraction of sp³-hybridized carbons (Fsp3) is 0.118. The Hall–Kier alpha value is -2.58. The quantitative estimate of drug-likeness (QED) is 0.690. The van der Waals surface area contributed by atoms with Gasteiger partial charge in [0.15, 0.2) is 0 Å². The maximum atomic E-state index is 12.9. The van der Waals surface area contributed by atoms with E-state index < -0.39 is 34.8 Å². The van der Waals surface area contributed by atoms with Crippen LogP contribution in [0.15, 0.2) is 47.5 Å². The molecule has 10 heteroatoms. The number of nitrogens with one attached hydrogen (secondary N) is 1. The summed E-state index contributed by atoms with van der Waals surface area (Å²) in [4.78, 5) is 28.4. The number of nitrogens with zero attached hydrogens (tertiary/aromatic N) is 2. The molecular formula is C17H10Cl2F3N3O2. The Balaban J connectivity index is 1.92. The molecule has 0 fully saturated rings. The molecule has 3 rings (SSSR count). The Morgan fingerprint density at radius 1 is 1.22 bits per heavy atom. The summed E-state index contributed by atoms with van der Waals surface area (Å²) in [7, 11) is 0. The van der Waals surface area contributed by atoms with Crippen LogP contribution in [0.25, 0.3) is 10.9 Å². The molecule has 27 heavy (non-hydrogen) atoms. The van der Waals surface area contributed by atoms with Gasteiger partial charge in [-0.25, -0.2) is 0 Å². The Bertz CT molecular complexity index is 1100. The number of amides is 1. The first-order chi connectivity index (χ1) is 12.6. The van der Waals surface area contributed by atoms with Crippen molar-refractivity contribution in [3.63, 3.8) is 0 Å². The molecule has 0 atom stereocenters. The van der Waals surface area contributed by atoms with Crippen LogP contribution in [0.5, 0.6) is 0 Å². The van der Waals surface area contributed by atoms with Gasteiger partial charge in [0.25, 0.3) is 5.56 Å². The van der Waals surface area contributed by atoms with Gasteiger partial charge in [0.05, 0.1) is 16.8 Å². The van der Waals surface area contributed by atoms with Gasteiger partial charge in [0.1, 0.15) is 11.6 Å². The molecule has 0 saturated carbocycles. The second-order valence-corrected chi connectivity index (χ2v) is 6.43. The lowest BCUT2D eigenvalue weighted by atomic mass is 10.2. The molecule has 5 nitrogen and oxygen atoms in total. The van der Waals surface area contributed by atoms with Gasteiger partial charge in [-0.05, 0) is 24.3 Å². The van der Waals surface area contributed by atoms with Crippen LogP contribution in [0.4, 0.5) is 18.9 Å². The minimum Gasteiger partial charge on any atom is -0.323 e. The van der Waals surface area contributed by atoms with Crippen molar-refractivity contribution < 1.29 is 18.0 Å². The van der Waals surface area contributed by atoms with Gasteiger partial charge in [-0.15, -0.1) is 0 Å².